The van der Waals surface area contributed by atoms with Crippen molar-refractivity contribution in [2.45, 2.75) is 20.8 Å². The van der Waals surface area contributed by atoms with Gasteiger partial charge in [-0.3, -0.25) is 10.1 Å². The molecule has 21 heavy (non-hydrogen) atoms. The number of anilines is 1. The summed E-state index contributed by atoms with van der Waals surface area (Å²) in [6, 6.07) is 9.46. The van der Waals surface area contributed by atoms with E-state index in [-0.39, 0.29) is 18.4 Å². The fraction of sp³-hybridized carbons (Fsp3) is 0.250. The summed E-state index contributed by atoms with van der Waals surface area (Å²) in [7, 11) is 0. The van der Waals surface area contributed by atoms with Crippen molar-refractivity contribution in [2.75, 3.05) is 11.9 Å². The van der Waals surface area contributed by atoms with Crippen LogP contribution in [0.5, 0.6) is 5.75 Å². The van der Waals surface area contributed by atoms with Crippen LogP contribution < -0.4 is 10.1 Å². The smallest absolute Gasteiger partial charge is 0.264 e. The molecule has 0 aliphatic heterocycles. The largest absolute Gasteiger partial charge is 0.483 e. The molecule has 0 unspecified atom stereocenters. The van der Waals surface area contributed by atoms with E-state index in [9.17, 15) is 4.79 Å². The molecular weight excluding hydrogens is 268 g/mol. The zero-order valence-corrected chi connectivity index (χ0v) is 12.2. The number of nitrogens with one attached hydrogen (secondary N) is 1. The quantitative estimate of drug-likeness (QED) is 0.936. The van der Waals surface area contributed by atoms with Crippen molar-refractivity contribution in [3.63, 3.8) is 0 Å². The number of ether oxygens (including phenoxy) is 1. The van der Waals surface area contributed by atoms with E-state index in [0.717, 1.165) is 11.1 Å². The Morgan fingerprint density at radius 1 is 1.33 bits per heavy atom. The number of aryl methyl sites for hydroxylation is 2. The lowest BCUT2D eigenvalue weighted by Crippen LogP contribution is -2.20. The minimum atomic E-state index is -0.372. The summed E-state index contributed by atoms with van der Waals surface area (Å²) in [5, 5.41) is 11.6. The van der Waals surface area contributed by atoms with Crippen LogP contribution in [0.4, 0.5) is 5.88 Å². The lowest BCUT2D eigenvalue weighted by Gasteiger charge is -2.08. The molecule has 0 saturated heterocycles. The van der Waals surface area contributed by atoms with Crippen molar-refractivity contribution < 1.29 is 13.9 Å². The SMILES string of the molecule is Cc1ccccc1OCC(=O)Nc1oc(C)c(C)c1C#N. The summed E-state index contributed by atoms with van der Waals surface area (Å²) in [6.45, 7) is 5.28. The van der Waals surface area contributed by atoms with Crippen LogP contribution in [0.2, 0.25) is 0 Å². The summed E-state index contributed by atoms with van der Waals surface area (Å²) in [6.07, 6.45) is 0. The first-order chi connectivity index (χ1) is 10.0. The topological polar surface area (TPSA) is 75.3 Å². The van der Waals surface area contributed by atoms with Gasteiger partial charge < -0.3 is 9.15 Å². The monoisotopic (exact) mass is 284 g/mol. The second-order valence-electron chi connectivity index (χ2n) is 4.70. The maximum atomic E-state index is 11.9. The molecule has 1 aromatic heterocycles. The van der Waals surface area contributed by atoms with Crippen molar-refractivity contribution in [3.8, 4) is 11.8 Å². The lowest BCUT2D eigenvalue weighted by molar-refractivity contribution is -0.118. The standard InChI is InChI=1S/C16H16N2O3/c1-10-6-4-5-7-14(10)20-9-15(19)18-16-13(8-17)11(2)12(3)21-16/h4-7H,9H2,1-3H3,(H,18,19). The molecule has 0 aliphatic rings. The Hall–Kier alpha value is -2.74. The second kappa shape index (κ2) is 6.14. The Balaban J connectivity index is 2.02. The molecule has 0 spiro atoms. The number of benzene rings is 1. The molecule has 1 N–H and O–H groups in total. The molecular formula is C16H16N2O3. The van der Waals surface area contributed by atoms with Gasteiger partial charge in [-0.15, -0.1) is 0 Å². The summed E-state index contributed by atoms with van der Waals surface area (Å²) in [5.41, 5.74) is 2.03. The third-order valence-electron chi connectivity index (χ3n) is 3.20. The Morgan fingerprint density at radius 3 is 2.71 bits per heavy atom. The van der Waals surface area contributed by atoms with E-state index in [4.69, 9.17) is 14.4 Å². The number of hydrogen-bond donors (Lipinski definition) is 1. The van der Waals surface area contributed by atoms with Gasteiger partial charge in [-0.05, 0) is 32.4 Å². The number of rotatable bonds is 4. The predicted octanol–water partition coefficient (Wildman–Crippen LogP) is 3.09. The molecule has 1 aromatic carbocycles. The summed E-state index contributed by atoms with van der Waals surface area (Å²) in [4.78, 5) is 11.9. The Kier molecular flexibility index (Phi) is 4.29. The lowest BCUT2D eigenvalue weighted by atomic mass is 10.2. The Labute approximate surface area is 123 Å². The zero-order valence-electron chi connectivity index (χ0n) is 12.2. The highest BCUT2D eigenvalue weighted by atomic mass is 16.5. The third-order valence-corrected chi connectivity index (χ3v) is 3.20. The molecule has 108 valence electrons. The maximum Gasteiger partial charge on any atom is 0.264 e. The molecule has 1 heterocycles. The average molecular weight is 284 g/mol. The maximum absolute atomic E-state index is 11.9. The normalized spacial score (nSPS) is 10.0. The molecule has 5 nitrogen and oxygen atoms in total. The van der Waals surface area contributed by atoms with Crippen molar-refractivity contribution >= 4 is 11.8 Å². The molecule has 0 radical (unpaired) electrons. The number of carbonyl (C=O) groups excluding carboxylic acids is 1. The van der Waals surface area contributed by atoms with Gasteiger partial charge in [-0.1, -0.05) is 18.2 Å². The van der Waals surface area contributed by atoms with E-state index in [0.29, 0.717) is 17.1 Å². The zero-order chi connectivity index (χ0) is 15.4. The first kappa shape index (κ1) is 14.7. The van der Waals surface area contributed by atoms with Crippen LogP contribution in [0.1, 0.15) is 22.5 Å². The van der Waals surface area contributed by atoms with Gasteiger partial charge in [-0.25, -0.2) is 0 Å². The number of nitrogens with zero attached hydrogens (tertiary/aromatic N) is 1. The van der Waals surface area contributed by atoms with Gasteiger partial charge in [-0.2, -0.15) is 5.26 Å². The van der Waals surface area contributed by atoms with Gasteiger partial charge >= 0.3 is 0 Å². The first-order valence-electron chi connectivity index (χ1n) is 6.51. The Morgan fingerprint density at radius 2 is 2.05 bits per heavy atom. The molecule has 2 rings (SSSR count). The molecule has 0 saturated carbocycles. The molecule has 0 bridgehead atoms. The minimum absolute atomic E-state index is 0.144. The van der Waals surface area contributed by atoms with Crippen molar-refractivity contribution in [1.29, 1.82) is 5.26 Å². The molecule has 1 amide bonds. The van der Waals surface area contributed by atoms with Gasteiger partial charge in [0.05, 0.1) is 0 Å². The van der Waals surface area contributed by atoms with Crippen LogP contribution >= 0.6 is 0 Å². The van der Waals surface area contributed by atoms with Crippen LogP contribution in [0.15, 0.2) is 28.7 Å². The van der Waals surface area contributed by atoms with E-state index in [2.05, 4.69) is 5.32 Å². The fourth-order valence-corrected chi connectivity index (χ4v) is 1.87. The van der Waals surface area contributed by atoms with Crippen LogP contribution in [0.25, 0.3) is 0 Å². The predicted molar refractivity (Wildman–Crippen MR) is 78.2 cm³/mol. The van der Waals surface area contributed by atoms with E-state index < -0.39 is 0 Å². The molecule has 5 heteroatoms. The number of para-hydroxylation sites is 1. The third kappa shape index (κ3) is 3.23. The molecule has 0 fully saturated rings. The van der Waals surface area contributed by atoms with E-state index in [1.165, 1.54) is 0 Å². The van der Waals surface area contributed by atoms with E-state index in [1.54, 1.807) is 19.9 Å². The van der Waals surface area contributed by atoms with Crippen LogP contribution in [0, 0.1) is 32.1 Å². The second-order valence-corrected chi connectivity index (χ2v) is 4.70. The van der Waals surface area contributed by atoms with Crippen LogP contribution in [-0.4, -0.2) is 12.5 Å². The van der Waals surface area contributed by atoms with Crippen LogP contribution in [0.3, 0.4) is 0 Å². The van der Waals surface area contributed by atoms with Gasteiger partial charge in [0.1, 0.15) is 23.1 Å². The summed E-state index contributed by atoms with van der Waals surface area (Å²) in [5.74, 6) is 1.07. The molecule has 0 atom stereocenters. The van der Waals surface area contributed by atoms with Gasteiger partial charge in [0.15, 0.2) is 6.61 Å². The average Bonchev–Trinajstić information content (AvgIpc) is 2.72. The molecule has 2 aromatic rings. The van der Waals surface area contributed by atoms with Crippen molar-refractivity contribution in [1.82, 2.24) is 0 Å². The highest BCUT2D eigenvalue weighted by molar-refractivity contribution is 5.92. The van der Waals surface area contributed by atoms with E-state index >= 15 is 0 Å². The number of carbonyl (C=O) groups is 1. The number of nitriles is 1. The number of amides is 1. The van der Waals surface area contributed by atoms with Gasteiger partial charge in [0.2, 0.25) is 5.88 Å². The summed E-state index contributed by atoms with van der Waals surface area (Å²) >= 11 is 0. The summed E-state index contributed by atoms with van der Waals surface area (Å²) < 4.78 is 10.8. The highest BCUT2D eigenvalue weighted by Crippen LogP contribution is 2.25. The first-order valence-corrected chi connectivity index (χ1v) is 6.51. The van der Waals surface area contributed by atoms with E-state index in [1.807, 2.05) is 31.2 Å². The fourth-order valence-electron chi connectivity index (χ4n) is 1.87. The van der Waals surface area contributed by atoms with Gasteiger partial charge in [0, 0.05) is 5.56 Å². The van der Waals surface area contributed by atoms with Crippen molar-refractivity contribution in [3.05, 3.63) is 46.7 Å². The Bertz CT molecular complexity index is 711. The number of furan rings is 1. The minimum Gasteiger partial charge on any atom is -0.483 e. The molecule has 0 aliphatic carbocycles. The highest BCUT2D eigenvalue weighted by Gasteiger charge is 2.16. The van der Waals surface area contributed by atoms with Crippen LogP contribution in [-0.2, 0) is 4.79 Å². The number of hydrogen-bond acceptors (Lipinski definition) is 4. The van der Waals surface area contributed by atoms with Crippen molar-refractivity contribution in [2.24, 2.45) is 0 Å². The van der Waals surface area contributed by atoms with Gasteiger partial charge in [0.25, 0.3) is 5.91 Å².